The molecule has 17 heteroatoms. The molecule has 1 aliphatic rings. The van der Waals surface area contributed by atoms with Gasteiger partial charge in [-0.2, -0.15) is 4.90 Å². The van der Waals surface area contributed by atoms with Crippen LogP contribution in [0.4, 0.5) is 35.4 Å². The van der Waals surface area contributed by atoms with Crippen LogP contribution in [0.15, 0.2) is 42.5 Å². The quantitative estimate of drug-likeness (QED) is 0.189. The molecule has 0 bridgehead atoms. The first kappa shape index (κ1) is 39.7. The van der Waals surface area contributed by atoms with Gasteiger partial charge in [0.1, 0.15) is 27.2 Å². The summed E-state index contributed by atoms with van der Waals surface area (Å²) >= 11 is 37.4. The first-order valence-electron chi connectivity index (χ1n) is 14.6. The standard InChI is InChI=1S/C33H29Cl6F2N3O6/c1-31(2,3)49-29(47)44(30(48)50-32(4,5)6)23-13-20(40)22(12-21(23)41)43-27(45)16-11-15(7-8-17(16)34)42-28(46)25-24(33(25,38)39)14-9-18(35)26(37)19(36)10-14/h7-13,24-25H,1-6H3,(H,42,46)(H,43,45)/t24-,25?/m0/s1. The van der Waals surface area contributed by atoms with E-state index in [1.165, 1.54) is 71.9 Å². The van der Waals surface area contributed by atoms with Gasteiger partial charge in [0.2, 0.25) is 5.91 Å². The molecule has 1 aliphatic carbocycles. The highest BCUT2D eigenvalue weighted by atomic mass is 35.5. The molecule has 0 saturated heterocycles. The van der Waals surface area contributed by atoms with Gasteiger partial charge in [0.05, 0.1) is 42.9 Å². The van der Waals surface area contributed by atoms with E-state index < -0.39 is 74.4 Å². The van der Waals surface area contributed by atoms with E-state index in [9.17, 15) is 19.2 Å². The zero-order valence-corrected chi connectivity index (χ0v) is 31.7. The van der Waals surface area contributed by atoms with Crippen LogP contribution >= 0.6 is 69.6 Å². The van der Waals surface area contributed by atoms with E-state index in [4.69, 9.17) is 79.1 Å². The molecule has 4 rings (SSSR count). The molecule has 0 spiro atoms. The molecule has 1 fully saturated rings. The molecule has 3 aromatic carbocycles. The monoisotopic (exact) mass is 811 g/mol. The minimum atomic E-state index is -1.52. The molecule has 2 N–H and O–H groups in total. The molecular weight excluding hydrogens is 785 g/mol. The molecular formula is C33H29Cl6F2N3O6. The van der Waals surface area contributed by atoms with Gasteiger partial charge in [0, 0.05) is 23.7 Å². The van der Waals surface area contributed by atoms with Crippen LogP contribution in [0.1, 0.15) is 63.4 Å². The lowest BCUT2D eigenvalue weighted by atomic mass is 10.1. The Morgan fingerprint density at radius 3 is 1.82 bits per heavy atom. The number of hydrogen-bond acceptors (Lipinski definition) is 6. The first-order chi connectivity index (χ1) is 22.9. The van der Waals surface area contributed by atoms with Crippen LogP contribution in [-0.4, -0.2) is 39.5 Å². The molecule has 0 aliphatic heterocycles. The van der Waals surface area contributed by atoms with Gasteiger partial charge in [-0.05, 0) is 77.4 Å². The Hall–Kier alpha value is -3.06. The minimum absolute atomic E-state index is 0.0962. The van der Waals surface area contributed by atoms with E-state index in [-0.39, 0.29) is 36.2 Å². The molecule has 3 aromatic rings. The molecule has 1 saturated carbocycles. The Bertz CT molecular complexity index is 1850. The van der Waals surface area contributed by atoms with Crippen molar-refractivity contribution in [2.45, 2.75) is 63.0 Å². The zero-order chi connectivity index (χ0) is 37.7. The molecule has 0 aromatic heterocycles. The topological polar surface area (TPSA) is 114 Å². The van der Waals surface area contributed by atoms with Crippen LogP contribution in [0.2, 0.25) is 20.1 Å². The number of halogens is 8. The summed E-state index contributed by atoms with van der Waals surface area (Å²) in [5.41, 5.74) is -3.36. The maximum atomic E-state index is 15.5. The van der Waals surface area contributed by atoms with Crippen LogP contribution in [0, 0.1) is 17.6 Å². The zero-order valence-electron chi connectivity index (χ0n) is 27.1. The second kappa shape index (κ2) is 14.5. The van der Waals surface area contributed by atoms with E-state index in [2.05, 4.69) is 10.6 Å². The van der Waals surface area contributed by atoms with Crippen molar-refractivity contribution in [3.63, 3.8) is 0 Å². The fourth-order valence-corrected chi connectivity index (χ4v) is 6.34. The van der Waals surface area contributed by atoms with E-state index in [1.807, 2.05) is 0 Å². The molecule has 9 nitrogen and oxygen atoms in total. The minimum Gasteiger partial charge on any atom is -0.443 e. The number of anilines is 3. The largest absolute Gasteiger partial charge is 0.443 e. The predicted molar refractivity (Wildman–Crippen MR) is 191 cm³/mol. The summed E-state index contributed by atoms with van der Waals surface area (Å²) in [6, 6.07) is 7.97. The van der Waals surface area contributed by atoms with Gasteiger partial charge >= 0.3 is 12.2 Å². The summed E-state index contributed by atoms with van der Waals surface area (Å²) in [5.74, 6) is -5.76. The van der Waals surface area contributed by atoms with Crippen LogP contribution in [0.5, 0.6) is 0 Å². The number of hydrogen-bond donors (Lipinski definition) is 2. The third-order valence-electron chi connectivity index (χ3n) is 6.86. The number of imide groups is 1. The van der Waals surface area contributed by atoms with Crippen molar-refractivity contribution in [2.24, 2.45) is 5.92 Å². The first-order valence-corrected chi connectivity index (χ1v) is 16.9. The highest BCUT2D eigenvalue weighted by molar-refractivity contribution is 6.54. The van der Waals surface area contributed by atoms with Gasteiger partial charge in [-0.15, -0.1) is 23.2 Å². The van der Waals surface area contributed by atoms with Gasteiger partial charge < -0.3 is 20.1 Å². The van der Waals surface area contributed by atoms with Crippen molar-refractivity contribution in [3.8, 4) is 0 Å². The lowest BCUT2D eigenvalue weighted by Crippen LogP contribution is -2.44. The maximum absolute atomic E-state index is 15.5. The number of nitrogens with one attached hydrogen (secondary N) is 2. The summed E-state index contributed by atoms with van der Waals surface area (Å²) in [6.45, 7) is 9.08. The van der Waals surface area contributed by atoms with Crippen LogP contribution in [0.25, 0.3) is 0 Å². The summed E-state index contributed by atoms with van der Waals surface area (Å²) < 4.78 is 39.8. The van der Waals surface area contributed by atoms with Gasteiger partial charge in [0.15, 0.2) is 0 Å². The second-order valence-electron chi connectivity index (χ2n) is 13.1. The molecule has 268 valence electrons. The highest BCUT2D eigenvalue weighted by Gasteiger charge is 2.67. The van der Waals surface area contributed by atoms with Crippen molar-refractivity contribution in [2.75, 3.05) is 15.5 Å². The Balaban J connectivity index is 1.56. The van der Waals surface area contributed by atoms with E-state index in [1.54, 1.807) is 0 Å². The molecule has 50 heavy (non-hydrogen) atoms. The molecule has 4 amide bonds. The SMILES string of the molecule is CC(C)(C)OC(=O)N(C(=O)OC(C)(C)C)c1cc(F)c(NC(=O)c2cc(NC(=O)C3[C@H](c4cc(Cl)c(Cl)c(Cl)c4)C3(Cl)Cl)ccc2Cl)cc1F. The fraction of sp³-hybridized carbons (Fsp3) is 0.333. The van der Waals surface area contributed by atoms with Gasteiger partial charge in [0.25, 0.3) is 5.91 Å². The number of ether oxygens (including phenoxy) is 2. The summed E-state index contributed by atoms with van der Waals surface area (Å²) in [7, 11) is 0. The third-order valence-corrected chi connectivity index (χ3v) is 9.32. The molecule has 1 unspecified atom stereocenters. The second-order valence-corrected chi connectivity index (χ2v) is 16.2. The number of carbonyl (C=O) groups excluding carboxylic acids is 4. The van der Waals surface area contributed by atoms with Gasteiger partial charge in [-0.1, -0.05) is 46.4 Å². The van der Waals surface area contributed by atoms with Gasteiger partial charge in [-0.25, -0.2) is 18.4 Å². The summed E-state index contributed by atoms with van der Waals surface area (Å²) in [4.78, 5) is 52.5. The summed E-state index contributed by atoms with van der Waals surface area (Å²) in [5, 5.41) is 5.13. The Morgan fingerprint density at radius 1 is 0.760 bits per heavy atom. The van der Waals surface area contributed by atoms with Crippen molar-refractivity contribution in [1.82, 2.24) is 0 Å². The van der Waals surface area contributed by atoms with Crippen molar-refractivity contribution >= 4 is 111 Å². The number of alkyl halides is 2. The number of rotatable bonds is 6. The maximum Gasteiger partial charge on any atom is 0.424 e. The van der Waals surface area contributed by atoms with E-state index >= 15 is 8.78 Å². The van der Waals surface area contributed by atoms with Crippen molar-refractivity contribution in [3.05, 3.63) is 85.3 Å². The summed E-state index contributed by atoms with van der Waals surface area (Å²) in [6.07, 6.45) is -2.65. The van der Waals surface area contributed by atoms with Crippen molar-refractivity contribution < 1.29 is 37.4 Å². The average Bonchev–Trinajstić information content (AvgIpc) is 3.54. The fourth-order valence-electron chi connectivity index (χ4n) is 4.70. The van der Waals surface area contributed by atoms with E-state index in [0.717, 1.165) is 0 Å². The number of benzene rings is 3. The average molecular weight is 814 g/mol. The lowest BCUT2D eigenvalue weighted by molar-refractivity contribution is -0.117. The number of carbonyl (C=O) groups is 4. The van der Waals surface area contributed by atoms with Crippen LogP contribution < -0.4 is 15.5 Å². The number of nitrogens with zero attached hydrogens (tertiary/aromatic N) is 1. The highest BCUT2D eigenvalue weighted by Crippen LogP contribution is 2.65. The van der Waals surface area contributed by atoms with Crippen molar-refractivity contribution in [1.29, 1.82) is 0 Å². The van der Waals surface area contributed by atoms with Crippen LogP contribution in [-0.2, 0) is 14.3 Å². The Labute approximate surface area is 316 Å². The molecule has 0 radical (unpaired) electrons. The normalized spacial score (nSPS) is 16.7. The van der Waals surface area contributed by atoms with Gasteiger partial charge in [-0.3, -0.25) is 9.59 Å². The van der Waals surface area contributed by atoms with E-state index in [0.29, 0.717) is 17.7 Å². The Kier molecular flexibility index (Phi) is 11.5. The predicted octanol–water partition coefficient (Wildman–Crippen LogP) is 11.0. The third kappa shape index (κ3) is 9.05. The lowest BCUT2D eigenvalue weighted by Gasteiger charge is -2.29. The Morgan fingerprint density at radius 2 is 1.30 bits per heavy atom. The molecule has 0 heterocycles. The van der Waals surface area contributed by atoms with Crippen LogP contribution in [0.3, 0.4) is 0 Å². The smallest absolute Gasteiger partial charge is 0.424 e. The number of amides is 4. The molecule has 2 atom stereocenters.